The lowest BCUT2D eigenvalue weighted by Gasteiger charge is -2.35. The van der Waals surface area contributed by atoms with Crippen LogP contribution in [-0.2, 0) is 9.59 Å². The van der Waals surface area contributed by atoms with Gasteiger partial charge in [-0.1, -0.05) is 18.2 Å². The van der Waals surface area contributed by atoms with Crippen LogP contribution in [0.4, 0.5) is 5.82 Å². The normalized spacial score (nSPS) is 21.1. The quantitative estimate of drug-likeness (QED) is 0.883. The Kier molecular flexibility index (Phi) is 5.14. The number of anilines is 1. The van der Waals surface area contributed by atoms with E-state index in [0.29, 0.717) is 30.4 Å². The van der Waals surface area contributed by atoms with Crippen LogP contribution in [0.2, 0.25) is 0 Å². The van der Waals surface area contributed by atoms with Crippen LogP contribution in [0.25, 0.3) is 0 Å². The van der Waals surface area contributed by atoms with Crippen molar-refractivity contribution in [1.82, 2.24) is 9.88 Å². The third-order valence-electron chi connectivity index (χ3n) is 5.03. The molecule has 1 N–H and O–H groups in total. The van der Waals surface area contributed by atoms with Gasteiger partial charge in [-0.15, -0.1) is 0 Å². The lowest BCUT2D eigenvalue weighted by molar-refractivity contribution is -0.143. The number of pyridine rings is 1. The summed E-state index contributed by atoms with van der Waals surface area (Å²) in [6.45, 7) is 3.04. The molecule has 1 fully saturated rings. The van der Waals surface area contributed by atoms with Gasteiger partial charge in [0.05, 0.1) is 5.92 Å². The van der Waals surface area contributed by atoms with Crippen LogP contribution in [-0.4, -0.2) is 47.5 Å². The van der Waals surface area contributed by atoms with Gasteiger partial charge in [0.2, 0.25) is 12.0 Å². The molecule has 1 aromatic heterocycles. The molecule has 0 spiro atoms. The number of aryl methyl sites for hydroxylation is 1. The molecule has 0 aliphatic carbocycles. The Hall–Kier alpha value is -3.09. The monoisotopic (exact) mass is 381 g/mol. The Morgan fingerprint density at radius 1 is 1.14 bits per heavy atom. The highest BCUT2D eigenvalue weighted by Crippen LogP contribution is 2.31. The number of benzene rings is 1. The molecule has 2 aromatic rings. The van der Waals surface area contributed by atoms with E-state index in [-0.39, 0.29) is 24.3 Å². The number of likely N-dealkylation sites (tertiary alicyclic amines) is 1. The van der Waals surface area contributed by atoms with Crippen molar-refractivity contribution in [3.05, 3.63) is 48.2 Å². The zero-order chi connectivity index (χ0) is 19.5. The van der Waals surface area contributed by atoms with Gasteiger partial charge in [0, 0.05) is 18.8 Å². The van der Waals surface area contributed by atoms with Crippen molar-refractivity contribution in [2.75, 3.05) is 25.0 Å². The van der Waals surface area contributed by atoms with E-state index in [1.54, 1.807) is 17.0 Å². The molecule has 1 saturated heterocycles. The SMILES string of the molecule is Cc1cccc(NC(=O)[C@H]2CCCN(C(=O)[C@@H]3COc4ccccc4O3)C2)n1. The molecule has 0 saturated carbocycles. The van der Waals surface area contributed by atoms with E-state index < -0.39 is 6.10 Å². The molecule has 4 rings (SSSR count). The third kappa shape index (κ3) is 3.93. The first-order chi connectivity index (χ1) is 13.6. The van der Waals surface area contributed by atoms with Gasteiger partial charge >= 0.3 is 0 Å². The van der Waals surface area contributed by atoms with Crippen molar-refractivity contribution in [3.8, 4) is 11.5 Å². The van der Waals surface area contributed by atoms with Crippen molar-refractivity contribution in [2.45, 2.75) is 25.9 Å². The van der Waals surface area contributed by atoms with Gasteiger partial charge in [0.25, 0.3) is 5.91 Å². The third-order valence-corrected chi connectivity index (χ3v) is 5.03. The Morgan fingerprint density at radius 3 is 2.79 bits per heavy atom. The minimum atomic E-state index is -0.685. The minimum Gasteiger partial charge on any atom is -0.485 e. The number of hydrogen-bond donors (Lipinski definition) is 1. The molecule has 2 aliphatic heterocycles. The summed E-state index contributed by atoms with van der Waals surface area (Å²) in [5, 5.41) is 2.86. The van der Waals surface area contributed by atoms with Crippen molar-refractivity contribution in [1.29, 1.82) is 0 Å². The van der Waals surface area contributed by atoms with E-state index in [1.807, 2.05) is 37.3 Å². The van der Waals surface area contributed by atoms with E-state index in [2.05, 4.69) is 10.3 Å². The lowest BCUT2D eigenvalue weighted by atomic mass is 9.96. The van der Waals surface area contributed by atoms with Gasteiger partial charge in [0.15, 0.2) is 11.5 Å². The fourth-order valence-corrected chi connectivity index (χ4v) is 3.58. The summed E-state index contributed by atoms with van der Waals surface area (Å²) in [6.07, 6.45) is 0.830. The predicted molar refractivity (Wildman–Crippen MR) is 103 cm³/mol. The molecule has 2 amide bonds. The summed E-state index contributed by atoms with van der Waals surface area (Å²) in [7, 11) is 0. The number of amides is 2. The highest BCUT2D eigenvalue weighted by molar-refractivity contribution is 5.92. The van der Waals surface area contributed by atoms with Gasteiger partial charge in [-0.05, 0) is 44.0 Å². The number of nitrogens with one attached hydrogen (secondary N) is 1. The van der Waals surface area contributed by atoms with Crippen LogP contribution < -0.4 is 14.8 Å². The van der Waals surface area contributed by atoms with Gasteiger partial charge in [0.1, 0.15) is 12.4 Å². The molecule has 2 atom stereocenters. The molecular weight excluding hydrogens is 358 g/mol. The van der Waals surface area contributed by atoms with E-state index in [9.17, 15) is 9.59 Å². The average Bonchev–Trinajstić information content (AvgIpc) is 2.73. The summed E-state index contributed by atoms with van der Waals surface area (Å²) in [5.41, 5.74) is 0.841. The predicted octanol–water partition coefficient (Wildman–Crippen LogP) is 2.41. The molecule has 28 heavy (non-hydrogen) atoms. The molecule has 3 heterocycles. The molecule has 0 unspecified atom stereocenters. The highest BCUT2D eigenvalue weighted by atomic mass is 16.6. The number of carbonyl (C=O) groups excluding carboxylic acids is 2. The maximum absolute atomic E-state index is 12.9. The maximum atomic E-state index is 12.9. The number of piperidine rings is 1. The second-order valence-corrected chi connectivity index (χ2v) is 7.14. The number of aromatic nitrogens is 1. The number of fused-ring (bicyclic) bond motifs is 1. The maximum Gasteiger partial charge on any atom is 0.267 e. The minimum absolute atomic E-state index is 0.109. The van der Waals surface area contributed by atoms with Crippen LogP contribution in [0, 0.1) is 12.8 Å². The largest absolute Gasteiger partial charge is 0.485 e. The van der Waals surface area contributed by atoms with Crippen molar-refractivity contribution >= 4 is 17.6 Å². The smallest absolute Gasteiger partial charge is 0.267 e. The van der Waals surface area contributed by atoms with Gasteiger partial charge < -0.3 is 19.7 Å². The molecular formula is C21H23N3O4. The topological polar surface area (TPSA) is 80.8 Å². The first-order valence-electron chi connectivity index (χ1n) is 9.52. The van der Waals surface area contributed by atoms with Crippen LogP contribution in [0.15, 0.2) is 42.5 Å². The second kappa shape index (κ2) is 7.88. The second-order valence-electron chi connectivity index (χ2n) is 7.14. The Morgan fingerprint density at radius 2 is 1.96 bits per heavy atom. The lowest BCUT2D eigenvalue weighted by Crippen LogP contribution is -2.51. The number of hydrogen-bond acceptors (Lipinski definition) is 5. The summed E-state index contributed by atoms with van der Waals surface area (Å²) in [4.78, 5) is 31.6. The van der Waals surface area contributed by atoms with Crippen LogP contribution in [0.5, 0.6) is 11.5 Å². The zero-order valence-corrected chi connectivity index (χ0v) is 15.8. The summed E-state index contributed by atoms with van der Waals surface area (Å²) in [5.74, 6) is 1.24. The molecule has 7 heteroatoms. The molecule has 0 radical (unpaired) electrons. The number of para-hydroxylation sites is 2. The van der Waals surface area contributed by atoms with E-state index in [1.165, 1.54) is 0 Å². The number of carbonyl (C=O) groups is 2. The van der Waals surface area contributed by atoms with Gasteiger partial charge in [-0.2, -0.15) is 0 Å². The van der Waals surface area contributed by atoms with Crippen LogP contribution in [0.1, 0.15) is 18.5 Å². The van der Waals surface area contributed by atoms with Gasteiger partial charge in [-0.3, -0.25) is 9.59 Å². The average molecular weight is 381 g/mol. The molecule has 146 valence electrons. The Bertz CT molecular complexity index is 885. The summed E-state index contributed by atoms with van der Waals surface area (Å²) in [6, 6.07) is 12.8. The standard InChI is InChI=1S/C21H23N3O4/c1-14-6-4-10-19(22-14)23-20(25)15-7-5-11-24(12-15)21(26)18-13-27-16-8-2-3-9-17(16)28-18/h2-4,6,8-10,15,18H,5,7,11-13H2,1H3,(H,22,23,25)/t15-,18-/m0/s1. The summed E-state index contributed by atoms with van der Waals surface area (Å²) < 4.78 is 11.5. The fourth-order valence-electron chi connectivity index (χ4n) is 3.58. The van der Waals surface area contributed by atoms with E-state index in [4.69, 9.17) is 9.47 Å². The Labute approximate surface area is 163 Å². The number of nitrogens with zero attached hydrogens (tertiary/aromatic N) is 2. The first kappa shape index (κ1) is 18.3. The van der Waals surface area contributed by atoms with Crippen molar-refractivity contribution in [3.63, 3.8) is 0 Å². The number of rotatable bonds is 3. The molecule has 7 nitrogen and oxygen atoms in total. The van der Waals surface area contributed by atoms with Gasteiger partial charge in [-0.25, -0.2) is 4.98 Å². The van der Waals surface area contributed by atoms with Crippen LogP contribution >= 0.6 is 0 Å². The first-order valence-corrected chi connectivity index (χ1v) is 9.52. The summed E-state index contributed by atoms with van der Waals surface area (Å²) >= 11 is 0. The number of ether oxygens (including phenoxy) is 2. The van der Waals surface area contributed by atoms with Crippen LogP contribution in [0.3, 0.4) is 0 Å². The molecule has 2 aliphatic rings. The highest BCUT2D eigenvalue weighted by Gasteiger charge is 2.35. The fraction of sp³-hybridized carbons (Fsp3) is 0.381. The van der Waals surface area contributed by atoms with E-state index >= 15 is 0 Å². The van der Waals surface area contributed by atoms with Crippen molar-refractivity contribution < 1.29 is 19.1 Å². The van der Waals surface area contributed by atoms with Crippen molar-refractivity contribution in [2.24, 2.45) is 5.92 Å². The molecule has 0 bridgehead atoms. The van der Waals surface area contributed by atoms with E-state index in [0.717, 1.165) is 18.5 Å². The molecule has 1 aromatic carbocycles. The Balaban J connectivity index is 1.38. The zero-order valence-electron chi connectivity index (χ0n) is 15.8.